The summed E-state index contributed by atoms with van der Waals surface area (Å²) in [4.78, 5) is 22.0. The summed E-state index contributed by atoms with van der Waals surface area (Å²) in [7, 11) is 0. The second-order valence-corrected chi connectivity index (χ2v) is 4.70. The van der Waals surface area contributed by atoms with E-state index in [4.69, 9.17) is 4.42 Å². The maximum atomic E-state index is 11.8. The van der Waals surface area contributed by atoms with Gasteiger partial charge in [-0.1, -0.05) is 12.1 Å². The third kappa shape index (κ3) is 3.00. The lowest BCUT2D eigenvalue weighted by Crippen LogP contribution is -2.01. The van der Waals surface area contributed by atoms with Gasteiger partial charge in [0, 0.05) is 21.2 Å². The molecular formula is C12H8INO3. The average molecular weight is 341 g/mol. The van der Waals surface area contributed by atoms with E-state index >= 15 is 0 Å². The van der Waals surface area contributed by atoms with Gasteiger partial charge in [0.1, 0.15) is 0 Å². The van der Waals surface area contributed by atoms with Crippen molar-refractivity contribution in [3.8, 4) is 0 Å². The molecule has 0 aliphatic rings. The smallest absolute Gasteiger partial charge is 0.261 e. The van der Waals surface area contributed by atoms with Crippen LogP contribution in [0.5, 0.6) is 0 Å². The minimum atomic E-state index is -0.166. The fourth-order valence-corrected chi connectivity index (χ4v) is 1.76. The van der Waals surface area contributed by atoms with Gasteiger partial charge in [-0.3, -0.25) is 4.79 Å². The quantitative estimate of drug-likeness (QED) is 0.484. The molecule has 0 saturated carbocycles. The predicted molar refractivity (Wildman–Crippen MR) is 71.4 cm³/mol. The van der Waals surface area contributed by atoms with E-state index in [0.717, 1.165) is 9.13 Å². The van der Waals surface area contributed by atoms with Crippen molar-refractivity contribution in [2.45, 2.75) is 6.42 Å². The summed E-state index contributed by atoms with van der Waals surface area (Å²) < 4.78 is 6.08. The monoisotopic (exact) mass is 341 g/mol. The Morgan fingerprint density at radius 1 is 1.18 bits per heavy atom. The Hall–Kier alpha value is -1.50. The Morgan fingerprint density at radius 2 is 1.88 bits per heavy atom. The van der Waals surface area contributed by atoms with Crippen LogP contribution in [0.15, 0.2) is 46.0 Å². The Bertz CT molecular complexity index is 545. The summed E-state index contributed by atoms with van der Waals surface area (Å²) >= 11 is 2.20. The molecule has 0 unspecified atom stereocenters. The number of hydrogen-bond donors (Lipinski definition) is 0. The van der Waals surface area contributed by atoms with E-state index in [0.29, 0.717) is 0 Å². The molecule has 17 heavy (non-hydrogen) atoms. The lowest BCUT2D eigenvalue weighted by atomic mass is 10.1. The van der Waals surface area contributed by atoms with Gasteiger partial charge in [-0.05, 0) is 46.4 Å². The number of hydrogen-bond acceptors (Lipinski definition) is 4. The van der Waals surface area contributed by atoms with E-state index in [1.807, 2.05) is 24.3 Å². The van der Waals surface area contributed by atoms with Gasteiger partial charge in [-0.2, -0.15) is 0 Å². The van der Waals surface area contributed by atoms with Crippen molar-refractivity contribution < 1.29 is 9.21 Å². The topological polar surface area (TPSA) is 59.6 Å². The van der Waals surface area contributed by atoms with Crippen molar-refractivity contribution in [3.63, 3.8) is 0 Å². The molecule has 86 valence electrons. The molecule has 0 aliphatic heterocycles. The number of nitroso groups, excluding NO2 is 1. The van der Waals surface area contributed by atoms with Gasteiger partial charge >= 0.3 is 0 Å². The molecule has 0 saturated heterocycles. The predicted octanol–water partition coefficient (Wildman–Crippen LogP) is 3.71. The summed E-state index contributed by atoms with van der Waals surface area (Å²) in [6.07, 6.45) is 0.253. The van der Waals surface area contributed by atoms with Crippen LogP contribution < -0.4 is 0 Å². The molecule has 0 fully saturated rings. The standard InChI is InChI=1S/C12H8INO3/c13-9-3-1-8(2-4-9)7-10(15)11-5-6-12(14-16)17-11/h1-6H,7H2. The highest BCUT2D eigenvalue weighted by atomic mass is 127. The summed E-state index contributed by atoms with van der Waals surface area (Å²) in [6, 6.07) is 10.5. The second kappa shape index (κ2) is 5.22. The average Bonchev–Trinajstić information content (AvgIpc) is 2.81. The SMILES string of the molecule is O=Nc1ccc(C(=O)Cc2ccc(I)cc2)o1. The number of benzene rings is 1. The van der Waals surface area contributed by atoms with Gasteiger partial charge in [-0.15, -0.1) is 4.91 Å². The van der Waals surface area contributed by atoms with Crippen molar-refractivity contribution in [1.82, 2.24) is 0 Å². The molecule has 4 nitrogen and oxygen atoms in total. The molecule has 2 aromatic rings. The van der Waals surface area contributed by atoms with Crippen molar-refractivity contribution >= 4 is 34.3 Å². The van der Waals surface area contributed by atoms with Crippen LogP contribution in [0.4, 0.5) is 5.88 Å². The largest absolute Gasteiger partial charge is 0.433 e. The molecule has 0 aliphatic carbocycles. The third-order valence-electron chi connectivity index (χ3n) is 2.23. The zero-order valence-corrected chi connectivity index (χ0v) is 10.9. The Balaban J connectivity index is 2.11. The zero-order chi connectivity index (χ0) is 12.3. The highest BCUT2D eigenvalue weighted by molar-refractivity contribution is 14.1. The van der Waals surface area contributed by atoms with Gasteiger partial charge < -0.3 is 4.42 Å². The first-order valence-corrected chi connectivity index (χ1v) is 5.98. The second-order valence-electron chi connectivity index (χ2n) is 3.46. The highest BCUT2D eigenvalue weighted by Gasteiger charge is 2.12. The fraction of sp³-hybridized carbons (Fsp3) is 0.0833. The molecule has 1 aromatic carbocycles. The van der Waals surface area contributed by atoms with E-state index in [-0.39, 0.29) is 23.8 Å². The molecule has 5 heteroatoms. The Labute approximate surface area is 111 Å². The summed E-state index contributed by atoms with van der Waals surface area (Å²) in [5, 5.41) is 2.62. The number of halogens is 1. The van der Waals surface area contributed by atoms with Gasteiger partial charge in [0.2, 0.25) is 5.78 Å². The third-order valence-corrected chi connectivity index (χ3v) is 2.95. The van der Waals surface area contributed by atoms with Crippen LogP contribution in [-0.4, -0.2) is 5.78 Å². The van der Waals surface area contributed by atoms with Gasteiger partial charge in [0.25, 0.3) is 5.88 Å². The molecule has 1 aromatic heterocycles. The van der Waals surface area contributed by atoms with E-state index in [1.165, 1.54) is 12.1 Å². The van der Waals surface area contributed by atoms with Crippen LogP contribution in [0.1, 0.15) is 16.1 Å². The molecular weight excluding hydrogens is 333 g/mol. The maximum absolute atomic E-state index is 11.8. The number of nitrogens with zero attached hydrogens (tertiary/aromatic N) is 1. The van der Waals surface area contributed by atoms with E-state index in [1.54, 1.807) is 0 Å². The molecule has 0 spiro atoms. The Kier molecular flexibility index (Phi) is 3.68. The van der Waals surface area contributed by atoms with Gasteiger partial charge in [0.05, 0.1) is 0 Å². The van der Waals surface area contributed by atoms with Crippen LogP contribution in [-0.2, 0) is 6.42 Å². The molecule has 1 heterocycles. The Morgan fingerprint density at radius 3 is 2.47 bits per heavy atom. The van der Waals surface area contributed by atoms with Crippen molar-refractivity contribution in [2.75, 3.05) is 0 Å². The first-order chi connectivity index (χ1) is 8.19. The van der Waals surface area contributed by atoms with E-state index in [9.17, 15) is 9.70 Å². The van der Waals surface area contributed by atoms with Crippen LogP contribution >= 0.6 is 22.6 Å². The minimum absolute atomic E-state index is 0.0732. The van der Waals surface area contributed by atoms with Gasteiger partial charge in [0.15, 0.2) is 5.76 Å². The minimum Gasteiger partial charge on any atom is -0.433 e. The number of furan rings is 1. The van der Waals surface area contributed by atoms with Crippen molar-refractivity contribution in [1.29, 1.82) is 0 Å². The first-order valence-electron chi connectivity index (χ1n) is 4.90. The molecule has 0 N–H and O–H groups in total. The molecule has 2 rings (SSSR count). The molecule has 0 radical (unpaired) electrons. The highest BCUT2D eigenvalue weighted by Crippen LogP contribution is 2.18. The molecule has 0 amide bonds. The summed E-state index contributed by atoms with van der Waals surface area (Å²) in [6.45, 7) is 0. The molecule has 0 atom stereocenters. The lowest BCUT2D eigenvalue weighted by Gasteiger charge is -1.98. The summed E-state index contributed by atoms with van der Waals surface area (Å²) in [5.41, 5.74) is 0.910. The van der Waals surface area contributed by atoms with Crippen molar-refractivity contribution in [2.24, 2.45) is 5.18 Å². The van der Waals surface area contributed by atoms with Crippen LogP contribution in [0.25, 0.3) is 0 Å². The maximum Gasteiger partial charge on any atom is 0.261 e. The van der Waals surface area contributed by atoms with Crippen LogP contribution in [0.3, 0.4) is 0 Å². The number of carbonyl (C=O) groups excluding carboxylic acids is 1. The fourth-order valence-electron chi connectivity index (χ4n) is 1.40. The first kappa shape index (κ1) is 12.0. The number of ketones is 1. The number of rotatable bonds is 4. The van der Waals surface area contributed by atoms with E-state index in [2.05, 4.69) is 27.8 Å². The van der Waals surface area contributed by atoms with Crippen molar-refractivity contribution in [3.05, 3.63) is 56.2 Å². The summed E-state index contributed by atoms with van der Waals surface area (Å²) in [5.74, 6) is -0.0739. The molecule has 0 bridgehead atoms. The number of Topliss-reactive ketones (excluding diaryl/α,β-unsaturated/α-hetero) is 1. The van der Waals surface area contributed by atoms with Crippen LogP contribution in [0.2, 0.25) is 0 Å². The van der Waals surface area contributed by atoms with Crippen LogP contribution in [0, 0.1) is 8.48 Å². The van der Waals surface area contributed by atoms with E-state index < -0.39 is 0 Å². The number of carbonyl (C=O) groups is 1. The zero-order valence-electron chi connectivity index (χ0n) is 8.72. The normalized spacial score (nSPS) is 10.2. The lowest BCUT2D eigenvalue weighted by molar-refractivity contribution is 0.0967. The van der Waals surface area contributed by atoms with Gasteiger partial charge in [-0.25, -0.2) is 0 Å².